The van der Waals surface area contributed by atoms with E-state index in [-0.39, 0.29) is 0 Å². The van der Waals surface area contributed by atoms with Crippen LogP contribution in [-0.2, 0) is 0 Å². The molecule has 0 saturated heterocycles. The van der Waals surface area contributed by atoms with Crippen LogP contribution in [0.3, 0.4) is 0 Å². The molecule has 0 fully saturated rings. The van der Waals surface area contributed by atoms with E-state index in [0.717, 1.165) is 23.9 Å². The minimum absolute atomic E-state index is 0.724. The van der Waals surface area contributed by atoms with Crippen LogP contribution in [0, 0.1) is 12.8 Å². The molecule has 1 rings (SSSR count). The van der Waals surface area contributed by atoms with Gasteiger partial charge in [-0.15, -0.1) is 0 Å². The Morgan fingerprint density at radius 3 is 2.56 bits per heavy atom. The van der Waals surface area contributed by atoms with Crippen LogP contribution in [-0.4, -0.2) is 11.5 Å². The van der Waals surface area contributed by atoms with E-state index < -0.39 is 0 Å². The highest BCUT2D eigenvalue weighted by atomic mass is 14.9. The lowest BCUT2D eigenvalue weighted by atomic mass is 10.0. The van der Waals surface area contributed by atoms with Crippen molar-refractivity contribution in [3.63, 3.8) is 0 Å². The van der Waals surface area contributed by atoms with Gasteiger partial charge in [0, 0.05) is 12.7 Å². The van der Waals surface area contributed by atoms with Gasteiger partial charge < -0.3 is 5.32 Å². The molecule has 0 aliphatic carbocycles. The van der Waals surface area contributed by atoms with Crippen molar-refractivity contribution >= 4 is 5.70 Å². The first-order valence-electron chi connectivity index (χ1n) is 6.03. The molecule has 1 aromatic rings. The fourth-order valence-corrected chi connectivity index (χ4v) is 1.58. The average molecular weight is 218 g/mol. The predicted octanol–water partition coefficient (Wildman–Crippen LogP) is 3.39. The van der Waals surface area contributed by atoms with Gasteiger partial charge in [0.1, 0.15) is 0 Å². The van der Waals surface area contributed by atoms with Gasteiger partial charge in [-0.25, -0.2) is 0 Å². The molecule has 1 heterocycles. The molecule has 2 nitrogen and oxygen atoms in total. The second-order valence-corrected chi connectivity index (χ2v) is 4.26. The topological polar surface area (TPSA) is 24.9 Å². The Morgan fingerprint density at radius 1 is 1.38 bits per heavy atom. The molecule has 0 aliphatic heterocycles. The van der Waals surface area contributed by atoms with E-state index >= 15 is 0 Å². The van der Waals surface area contributed by atoms with Gasteiger partial charge in [-0.3, -0.25) is 4.98 Å². The number of nitrogens with zero attached hydrogens (tertiary/aromatic N) is 1. The van der Waals surface area contributed by atoms with Crippen molar-refractivity contribution < 1.29 is 0 Å². The molecule has 2 heteroatoms. The van der Waals surface area contributed by atoms with Crippen LogP contribution in [0.25, 0.3) is 5.70 Å². The summed E-state index contributed by atoms with van der Waals surface area (Å²) in [6, 6.07) is 4.07. The predicted molar refractivity (Wildman–Crippen MR) is 70.1 cm³/mol. The zero-order valence-corrected chi connectivity index (χ0v) is 10.6. The van der Waals surface area contributed by atoms with Gasteiger partial charge in [0.15, 0.2) is 0 Å². The van der Waals surface area contributed by atoms with E-state index in [2.05, 4.69) is 36.8 Å². The minimum atomic E-state index is 0.724. The Hall–Kier alpha value is -1.31. The molecule has 0 aliphatic rings. The summed E-state index contributed by atoms with van der Waals surface area (Å²) in [6.07, 6.45) is 4.29. The highest BCUT2D eigenvalue weighted by Crippen LogP contribution is 2.10. The zero-order chi connectivity index (χ0) is 12.0. The quantitative estimate of drug-likeness (QED) is 0.791. The molecular weight excluding hydrogens is 196 g/mol. The third-order valence-electron chi connectivity index (χ3n) is 2.98. The lowest BCUT2D eigenvalue weighted by Gasteiger charge is -2.15. The van der Waals surface area contributed by atoms with Gasteiger partial charge in [-0.05, 0) is 24.5 Å². The summed E-state index contributed by atoms with van der Waals surface area (Å²) in [5, 5.41) is 3.36. The largest absolute Gasteiger partial charge is 0.384 e. The third-order valence-corrected chi connectivity index (χ3v) is 2.98. The van der Waals surface area contributed by atoms with Gasteiger partial charge in [0.2, 0.25) is 0 Å². The highest BCUT2D eigenvalue weighted by molar-refractivity contribution is 5.57. The van der Waals surface area contributed by atoms with Crippen molar-refractivity contribution in [3.8, 4) is 0 Å². The molecule has 1 N–H and O–H groups in total. The molecule has 0 atom stereocenters. The van der Waals surface area contributed by atoms with E-state index in [1.807, 2.05) is 19.2 Å². The Kier molecular flexibility index (Phi) is 5.03. The van der Waals surface area contributed by atoms with Crippen LogP contribution in [0.2, 0.25) is 0 Å². The van der Waals surface area contributed by atoms with Crippen LogP contribution in [0.4, 0.5) is 0 Å². The Bertz CT molecular complexity index is 323. The Balaban J connectivity index is 2.49. The lowest BCUT2D eigenvalue weighted by Crippen LogP contribution is -2.20. The number of aromatic nitrogens is 1. The second-order valence-electron chi connectivity index (χ2n) is 4.26. The normalized spacial score (nSPS) is 10.5. The first-order valence-corrected chi connectivity index (χ1v) is 6.03. The van der Waals surface area contributed by atoms with E-state index in [9.17, 15) is 0 Å². The molecule has 0 aromatic carbocycles. The third kappa shape index (κ3) is 3.69. The smallest absolute Gasteiger partial charge is 0.0855 e. The fourth-order valence-electron chi connectivity index (χ4n) is 1.58. The summed E-state index contributed by atoms with van der Waals surface area (Å²) < 4.78 is 0. The minimum Gasteiger partial charge on any atom is -0.384 e. The average Bonchev–Trinajstić information content (AvgIpc) is 2.31. The molecular formula is C14H22N2. The SMILES string of the molecule is C=C(NCC(CC)CC)c1ccc(C)cn1. The number of nitrogens with one attached hydrogen (secondary N) is 1. The maximum atomic E-state index is 4.35. The molecule has 16 heavy (non-hydrogen) atoms. The summed E-state index contributed by atoms with van der Waals surface area (Å²) >= 11 is 0. The van der Waals surface area contributed by atoms with Crippen molar-refractivity contribution in [2.24, 2.45) is 5.92 Å². The van der Waals surface area contributed by atoms with Gasteiger partial charge in [0.25, 0.3) is 0 Å². The van der Waals surface area contributed by atoms with E-state index in [1.54, 1.807) is 0 Å². The van der Waals surface area contributed by atoms with Gasteiger partial charge in [0.05, 0.1) is 11.4 Å². The summed E-state index contributed by atoms with van der Waals surface area (Å²) in [5.74, 6) is 0.724. The van der Waals surface area contributed by atoms with Crippen molar-refractivity contribution in [3.05, 3.63) is 36.2 Å². The molecule has 0 bridgehead atoms. The Labute approximate surface area is 98.8 Å². The van der Waals surface area contributed by atoms with Gasteiger partial charge >= 0.3 is 0 Å². The van der Waals surface area contributed by atoms with Crippen LogP contribution < -0.4 is 5.32 Å². The Morgan fingerprint density at radius 2 is 2.06 bits per heavy atom. The summed E-state index contributed by atoms with van der Waals surface area (Å²) in [6.45, 7) is 11.5. The second kappa shape index (κ2) is 6.31. The molecule has 0 unspecified atom stereocenters. The highest BCUT2D eigenvalue weighted by Gasteiger charge is 2.04. The maximum Gasteiger partial charge on any atom is 0.0855 e. The number of pyridine rings is 1. The van der Waals surface area contributed by atoms with Crippen LogP contribution in [0.1, 0.15) is 37.9 Å². The summed E-state index contributed by atoms with van der Waals surface area (Å²) in [7, 11) is 0. The van der Waals surface area contributed by atoms with Crippen LogP contribution in [0.5, 0.6) is 0 Å². The van der Waals surface area contributed by atoms with E-state index in [4.69, 9.17) is 0 Å². The molecule has 88 valence electrons. The standard InChI is InChI=1S/C14H22N2/c1-5-13(6-2)10-15-12(4)14-8-7-11(3)9-16-14/h7-9,13,15H,4-6,10H2,1-3H3. The van der Waals surface area contributed by atoms with Crippen molar-refractivity contribution in [1.29, 1.82) is 0 Å². The molecule has 0 amide bonds. The van der Waals surface area contributed by atoms with E-state index in [1.165, 1.54) is 18.4 Å². The van der Waals surface area contributed by atoms with Crippen molar-refractivity contribution in [2.45, 2.75) is 33.6 Å². The number of rotatable bonds is 6. The maximum absolute atomic E-state index is 4.35. The monoisotopic (exact) mass is 218 g/mol. The van der Waals surface area contributed by atoms with Gasteiger partial charge in [-0.1, -0.05) is 39.3 Å². The first kappa shape index (κ1) is 12.8. The molecule has 0 saturated carbocycles. The summed E-state index contributed by atoms with van der Waals surface area (Å²) in [5.41, 5.74) is 3.04. The van der Waals surface area contributed by atoms with Crippen LogP contribution in [0.15, 0.2) is 24.9 Å². The van der Waals surface area contributed by atoms with Crippen LogP contribution >= 0.6 is 0 Å². The van der Waals surface area contributed by atoms with E-state index in [0.29, 0.717) is 0 Å². The number of hydrogen-bond donors (Lipinski definition) is 1. The van der Waals surface area contributed by atoms with Gasteiger partial charge in [-0.2, -0.15) is 0 Å². The zero-order valence-electron chi connectivity index (χ0n) is 10.6. The molecule has 1 aromatic heterocycles. The number of hydrogen-bond acceptors (Lipinski definition) is 2. The van der Waals surface area contributed by atoms with Crippen molar-refractivity contribution in [1.82, 2.24) is 10.3 Å². The van der Waals surface area contributed by atoms with Crippen molar-refractivity contribution in [2.75, 3.05) is 6.54 Å². The first-order chi connectivity index (χ1) is 7.67. The lowest BCUT2D eigenvalue weighted by molar-refractivity contribution is 0.481. The molecule has 0 spiro atoms. The number of aryl methyl sites for hydroxylation is 1. The summed E-state index contributed by atoms with van der Waals surface area (Å²) in [4.78, 5) is 4.35. The molecule has 0 radical (unpaired) electrons. The fraction of sp³-hybridized carbons (Fsp3) is 0.500.